The second-order valence-corrected chi connectivity index (χ2v) is 5.35. The molecule has 1 aliphatic rings. The van der Waals surface area contributed by atoms with Crippen molar-refractivity contribution in [1.82, 2.24) is 0 Å². The summed E-state index contributed by atoms with van der Waals surface area (Å²) in [4.78, 5) is 14.5. The molecule has 1 aliphatic carbocycles. The molecule has 1 aromatic rings. The summed E-state index contributed by atoms with van der Waals surface area (Å²) in [5.41, 5.74) is 0.380. The first kappa shape index (κ1) is 12.5. The van der Waals surface area contributed by atoms with E-state index in [-0.39, 0.29) is 5.82 Å². The van der Waals surface area contributed by atoms with E-state index in [4.69, 9.17) is 0 Å². The first-order chi connectivity index (χ1) is 8.10. The Morgan fingerprint density at radius 2 is 2.06 bits per heavy atom. The molecule has 0 atom stereocenters. The molecule has 0 radical (unpaired) electrons. The SMILES string of the molecule is Cc1ccc(Br)c(C2(N=C=O)CCCC2)c1F. The molecular formula is C13H13BrFNO. The Morgan fingerprint density at radius 1 is 1.41 bits per heavy atom. The molecule has 4 heteroatoms. The molecule has 0 spiro atoms. The Labute approximate surface area is 108 Å². The molecule has 1 saturated carbocycles. The predicted octanol–water partition coefficient (Wildman–Crippen LogP) is 4.00. The van der Waals surface area contributed by atoms with E-state index in [1.165, 1.54) is 0 Å². The molecular weight excluding hydrogens is 285 g/mol. The number of hydrogen-bond donors (Lipinski definition) is 0. The van der Waals surface area contributed by atoms with Gasteiger partial charge in [0, 0.05) is 10.0 Å². The summed E-state index contributed by atoms with van der Waals surface area (Å²) in [7, 11) is 0. The van der Waals surface area contributed by atoms with Crippen LogP contribution in [0.15, 0.2) is 21.6 Å². The van der Waals surface area contributed by atoms with Gasteiger partial charge in [-0.25, -0.2) is 9.18 Å². The van der Waals surface area contributed by atoms with Crippen molar-refractivity contribution in [3.05, 3.63) is 33.5 Å². The summed E-state index contributed by atoms with van der Waals surface area (Å²) in [6.07, 6.45) is 4.96. The van der Waals surface area contributed by atoms with E-state index >= 15 is 0 Å². The van der Waals surface area contributed by atoms with Crippen molar-refractivity contribution in [2.75, 3.05) is 0 Å². The van der Waals surface area contributed by atoms with Crippen LogP contribution >= 0.6 is 15.9 Å². The molecule has 0 amide bonds. The maximum absolute atomic E-state index is 14.3. The number of halogens is 2. The number of benzene rings is 1. The van der Waals surface area contributed by atoms with Crippen LogP contribution in [0.25, 0.3) is 0 Å². The standard InChI is InChI=1S/C13H13BrFNO/c1-9-4-5-10(14)11(12(9)15)13(16-8-17)6-2-3-7-13/h4-5H,2-3,6-7H2,1H3. The van der Waals surface area contributed by atoms with Crippen LogP contribution in [0.4, 0.5) is 4.39 Å². The van der Waals surface area contributed by atoms with Crippen LogP contribution < -0.4 is 0 Å². The number of isocyanates is 1. The highest BCUT2D eigenvalue weighted by Crippen LogP contribution is 2.46. The van der Waals surface area contributed by atoms with Crippen molar-refractivity contribution >= 4 is 22.0 Å². The number of nitrogens with zero attached hydrogens (tertiary/aromatic N) is 1. The van der Waals surface area contributed by atoms with Gasteiger partial charge in [-0.3, -0.25) is 0 Å². The Bertz CT molecular complexity index is 488. The van der Waals surface area contributed by atoms with Crippen molar-refractivity contribution in [3.8, 4) is 0 Å². The van der Waals surface area contributed by atoms with Crippen molar-refractivity contribution in [2.45, 2.75) is 38.1 Å². The smallest absolute Gasteiger partial charge is 0.211 e. The molecule has 1 aromatic carbocycles. The minimum Gasteiger partial charge on any atom is -0.211 e. The first-order valence-electron chi connectivity index (χ1n) is 5.65. The molecule has 17 heavy (non-hydrogen) atoms. The van der Waals surface area contributed by atoms with Gasteiger partial charge in [0.25, 0.3) is 0 Å². The maximum atomic E-state index is 14.3. The van der Waals surface area contributed by atoms with Crippen molar-refractivity contribution < 1.29 is 9.18 Å². The fraction of sp³-hybridized carbons (Fsp3) is 0.462. The van der Waals surface area contributed by atoms with Crippen LogP contribution in [0.5, 0.6) is 0 Å². The van der Waals surface area contributed by atoms with Crippen molar-refractivity contribution in [3.63, 3.8) is 0 Å². The first-order valence-corrected chi connectivity index (χ1v) is 6.44. The third-order valence-electron chi connectivity index (χ3n) is 3.44. The van der Waals surface area contributed by atoms with Crippen LogP contribution in [0.3, 0.4) is 0 Å². The average Bonchev–Trinajstić information content (AvgIpc) is 2.74. The lowest BCUT2D eigenvalue weighted by atomic mass is 9.87. The molecule has 0 aliphatic heterocycles. The van der Waals surface area contributed by atoms with E-state index in [0.717, 1.165) is 12.8 Å². The molecule has 2 rings (SSSR count). The highest BCUT2D eigenvalue weighted by molar-refractivity contribution is 9.10. The number of carbonyl (C=O) groups excluding carboxylic acids is 1. The highest BCUT2D eigenvalue weighted by atomic mass is 79.9. The zero-order chi connectivity index (χ0) is 12.5. The topological polar surface area (TPSA) is 29.4 Å². The predicted molar refractivity (Wildman–Crippen MR) is 67.1 cm³/mol. The van der Waals surface area contributed by atoms with Crippen LogP contribution in [0.1, 0.15) is 36.8 Å². The fourth-order valence-corrected chi connectivity index (χ4v) is 3.22. The molecule has 0 saturated heterocycles. The number of rotatable bonds is 2. The van der Waals surface area contributed by atoms with E-state index in [9.17, 15) is 9.18 Å². The Hall–Kier alpha value is -0.990. The summed E-state index contributed by atoms with van der Waals surface area (Å²) in [6.45, 7) is 1.72. The van der Waals surface area contributed by atoms with Gasteiger partial charge in [-0.15, -0.1) is 0 Å². The normalized spacial score (nSPS) is 17.8. The van der Waals surface area contributed by atoms with Gasteiger partial charge in [-0.1, -0.05) is 34.8 Å². The van der Waals surface area contributed by atoms with Crippen molar-refractivity contribution in [2.24, 2.45) is 4.99 Å². The monoisotopic (exact) mass is 297 g/mol. The second kappa shape index (κ2) is 4.71. The molecule has 0 bridgehead atoms. The third-order valence-corrected chi connectivity index (χ3v) is 4.10. The number of hydrogen-bond acceptors (Lipinski definition) is 2. The lowest BCUT2D eigenvalue weighted by Crippen LogP contribution is -2.22. The van der Waals surface area contributed by atoms with Crippen LogP contribution in [0, 0.1) is 12.7 Å². The quantitative estimate of drug-likeness (QED) is 0.599. The number of aryl methyl sites for hydroxylation is 1. The van der Waals surface area contributed by atoms with Gasteiger partial charge in [0.2, 0.25) is 6.08 Å². The zero-order valence-corrected chi connectivity index (χ0v) is 11.2. The van der Waals surface area contributed by atoms with Gasteiger partial charge in [0.15, 0.2) is 0 Å². The third kappa shape index (κ3) is 2.07. The van der Waals surface area contributed by atoms with E-state index in [2.05, 4.69) is 20.9 Å². The average molecular weight is 298 g/mol. The maximum Gasteiger partial charge on any atom is 0.235 e. The molecule has 1 fully saturated rings. The summed E-state index contributed by atoms with van der Waals surface area (Å²) in [6, 6.07) is 3.53. The Morgan fingerprint density at radius 3 is 2.65 bits per heavy atom. The van der Waals surface area contributed by atoms with Crippen molar-refractivity contribution in [1.29, 1.82) is 0 Å². The lowest BCUT2D eigenvalue weighted by molar-refractivity contribution is 0.427. The summed E-state index contributed by atoms with van der Waals surface area (Å²) >= 11 is 3.37. The fourth-order valence-electron chi connectivity index (χ4n) is 2.55. The van der Waals surface area contributed by atoms with Gasteiger partial charge in [-0.05, 0) is 31.4 Å². The van der Waals surface area contributed by atoms with Gasteiger partial charge in [0.1, 0.15) is 11.4 Å². The summed E-state index contributed by atoms with van der Waals surface area (Å²) in [5.74, 6) is -0.264. The summed E-state index contributed by atoms with van der Waals surface area (Å²) in [5, 5.41) is 0. The van der Waals surface area contributed by atoms with E-state index in [1.54, 1.807) is 19.1 Å². The minimum absolute atomic E-state index is 0.264. The molecule has 0 aromatic heterocycles. The Kier molecular flexibility index (Phi) is 3.45. The highest BCUT2D eigenvalue weighted by Gasteiger charge is 2.39. The van der Waals surface area contributed by atoms with Gasteiger partial charge in [0.05, 0.1) is 0 Å². The molecule has 0 heterocycles. The number of aliphatic imine (C=N–C) groups is 1. The van der Waals surface area contributed by atoms with E-state index < -0.39 is 5.54 Å². The largest absolute Gasteiger partial charge is 0.235 e. The van der Waals surface area contributed by atoms with E-state index in [0.29, 0.717) is 28.4 Å². The molecule has 0 N–H and O–H groups in total. The molecule has 90 valence electrons. The van der Waals surface area contributed by atoms with E-state index in [1.807, 2.05) is 6.07 Å². The Balaban J connectivity index is 2.65. The van der Waals surface area contributed by atoms with Crippen LogP contribution in [-0.2, 0) is 10.3 Å². The van der Waals surface area contributed by atoms with Gasteiger partial charge >= 0.3 is 0 Å². The second-order valence-electron chi connectivity index (χ2n) is 4.50. The van der Waals surface area contributed by atoms with Crippen LogP contribution in [-0.4, -0.2) is 6.08 Å². The molecule has 2 nitrogen and oxygen atoms in total. The van der Waals surface area contributed by atoms with Crippen LogP contribution in [0.2, 0.25) is 0 Å². The minimum atomic E-state index is -0.712. The lowest BCUT2D eigenvalue weighted by Gasteiger charge is -2.25. The van der Waals surface area contributed by atoms with Gasteiger partial charge < -0.3 is 0 Å². The molecule has 0 unspecified atom stereocenters. The zero-order valence-electron chi connectivity index (χ0n) is 9.59. The summed E-state index contributed by atoms with van der Waals surface area (Å²) < 4.78 is 14.9. The van der Waals surface area contributed by atoms with Gasteiger partial charge in [-0.2, -0.15) is 4.99 Å².